The summed E-state index contributed by atoms with van der Waals surface area (Å²) in [6.45, 7) is -0.145. The number of benzene rings is 3. The quantitative estimate of drug-likeness (QED) is 0.508. The number of hydrogen-bond acceptors (Lipinski definition) is 4. The summed E-state index contributed by atoms with van der Waals surface area (Å²) in [7, 11) is 1.78. The summed E-state index contributed by atoms with van der Waals surface area (Å²) in [6, 6.07) is 24.5. The molecule has 7 nitrogen and oxygen atoms in total. The number of carbonyl (C=O) groups is 2. The fourth-order valence-electron chi connectivity index (χ4n) is 3.19. The number of para-hydroxylation sites is 1. The van der Waals surface area contributed by atoms with Crippen LogP contribution in [-0.2, 0) is 11.8 Å². The molecule has 0 radical (unpaired) electrons. The Balaban J connectivity index is 1.37. The summed E-state index contributed by atoms with van der Waals surface area (Å²) in [4.78, 5) is 24.8. The highest BCUT2D eigenvalue weighted by Gasteiger charge is 2.12. The van der Waals surface area contributed by atoms with Crippen LogP contribution in [0.25, 0.3) is 22.4 Å². The molecule has 4 rings (SSSR count). The molecule has 154 valence electrons. The van der Waals surface area contributed by atoms with E-state index in [-0.39, 0.29) is 18.4 Å². The molecule has 2 amide bonds. The van der Waals surface area contributed by atoms with Gasteiger partial charge in [0.05, 0.1) is 18.4 Å². The maximum absolute atomic E-state index is 12.4. The van der Waals surface area contributed by atoms with Gasteiger partial charge in [0, 0.05) is 18.2 Å². The first-order chi connectivity index (χ1) is 15.1. The van der Waals surface area contributed by atoms with Crippen LogP contribution in [0.1, 0.15) is 10.4 Å². The topological polar surface area (TPSA) is 88.9 Å². The van der Waals surface area contributed by atoms with Crippen molar-refractivity contribution in [1.82, 2.24) is 20.3 Å². The molecule has 0 spiro atoms. The van der Waals surface area contributed by atoms with Crippen LogP contribution in [0.3, 0.4) is 0 Å². The molecule has 0 fully saturated rings. The molecular formula is C24H21N5O2. The van der Waals surface area contributed by atoms with Crippen molar-refractivity contribution in [2.45, 2.75) is 0 Å². The molecule has 0 saturated heterocycles. The largest absolute Gasteiger partial charge is 0.343 e. The van der Waals surface area contributed by atoms with Gasteiger partial charge in [-0.05, 0) is 29.3 Å². The highest BCUT2D eigenvalue weighted by molar-refractivity contribution is 6.01. The van der Waals surface area contributed by atoms with Crippen LogP contribution >= 0.6 is 0 Å². The summed E-state index contributed by atoms with van der Waals surface area (Å²) < 4.78 is 1.59. The van der Waals surface area contributed by atoms with E-state index in [2.05, 4.69) is 20.9 Å². The monoisotopic (exact) mass is 411 g/mol. The summed E-state index contributed by atoms with van der Waals surface area (Å²) >= 11 is 0. The SMILES string of the molecule is Cn1cc(-c2ccccc2NC(=O)CNC(=O)c2ccc(-c3ccccc3)cc2)nn1. The van der Waals surface area contributed by atoms with E-state index >= 15 is 0 Å². The number of hydrogen-bond donors (Lipinski definition) is 2. The van der Waals surface area contributed by atoms with Gasteiger partial charge in [-0.2, -0.15) is 0 Å². The first-order valence-corrected chi connectivity index (χ1v) is 9.79. The van der Waals surface area contributed by atoms with Gasteiger partial charge < -0.3 is 10.6 Å². The second-order valence-electron chi connectivity index (χ2n) is 7.00. The summed E-state index contributed by atoms with van der Waals surface area (Å²) in [5.74, 6) is -0.637. The third-order valence-corrected chi connectivity index (χ3v) is 4.74. The highest BCUT2D eigenvalue weighted by atomic mass is 16.2. The van der Waals surface area contributed by atoms with Crippen LogP contribution in [0.15, 0.2) is 85.1 Å². The zero-order valence-corrected chi connectivity index (χ0v) is 16.9. The Labute approximate surface area is 179 Å². The number of nitrogens with zero attached hydrogens (tertiary/aromatic N) is 3. The van der Waals surface area contributed by atoms with Crippen molar-refractivity contribution in [2.24, 2.45) is 7.05 Å². The number of anilines is 1. The first kappa shape index (κ1) is 20.0. The molecule has 1 aromatic heterocycles. The van der Waals surface area contributed by atoms with Gasteiger partial charge >= 0.3 is 0 Å². The van der Waals surface area contributed by atoms with Crippen molar-refractivity contribution in [3.05, 3.63) is 90.6 Å². The Morgan fingerprint density at radius 2 is 1.55 bits per heavy atom. The Bertz CT molecular complexity index is 1200. The minimum atomic E-state index is -0.328. The summed E-state index contributed by atoms with van der Waals surface area (Å²) in [6.07, 6.45) is 1.77. The summed E-state index contributed by atoms with van der Waals surface area (Å²) in [5, 5.41) is 13.5. The van der Waals surface area contributed by atoms with Gasteiger partial charge in [-0.3, -0.25) is 14.3 Å². The zero-order chi connectivity index (χ0) is 21.6. The summed E-state index contributed by atoms with van der Waals surface area (Å²) in [5.41, 5.74) is 4.61. The van der Waals surface area contributed by atoms with E-state index in [0.717, 1.165) is 16.7 Å². The van der Waals surface area contributed by atoms with E-state index in [9.17, 15) is 9.59 Å². The molecule has 1 heterocycles. The second-order valence-corrected chi connectivity index (χ2v) is 7.00. The van der Waals surface area contributed by atoms with Crippen LogP contribution in [0.2, 0.25) is 0 Å². The average Bonchev–Trinajstić information content (AvgIpc) is 3.24. The number of rotatable bonds is 6. The molecule has 0 unspecified atom stereocenters. The van der Waals surface area contributed by atoms with Crippen molar-refractivity contribution in [1.29, 1.82) is 0 Å². The first-order valence-electron chi connectivity index (χ1n) is 9.79. The van der Waals surface area contributed by atoms with Gasteiger partial charge in [-0.15, -0.1) is 5.10 Å². The Hall–Kier alpha value is -4.26. The van der Waals surface area contributed by atoms with Gasteiger partial charge in [-0.1, -0.05) is 65.9 Å². The normalized spacial score (nSPS) is 10.5. The molecule has 3 aromatic carbocycles. The third kappa shape index (κ3) is 4.84. The predicted molar refractivity (Wildman–Crippen MR) is 119 cm³/mol. The van der Waals surface area contributed by atoms with Crippen molar-refractivity contribution < 1.29 is 9.59 Å². The van der Waals surface area contributed by atoms with Crippen molar-refractivity contribution >= 4 is 17.5 Å². The van der Waals surface area contributed by atoms with Gasteiger partial charge in [-0.25, -0.2) is 0 Å². The number of amides is 2. The van der Waals surface area contributed by atoms with Crippen molar-refractivity contribution in [3.63, 3.8) is 0 Å². The van der Waals surface area contributed by atoms with Crippen LogP contribution in [-0.4, -0.2) is 33.4 Å². The van der Waals surface area contributed by atoms with Crippen LogP contribution in [0.5, 0.6) is 0 Å². The van der Waals surface area contributed by atoms with Gasteiger partial charge in [0.1, 0.15) is 5.69 Å². The molecule has 0 atom stereocenters. The molecule has 4 aromatic rings. The maximum atomic E-state index is 12.4. The standard InChI is InChI=1S/C24H21N5O2/c1-29-16-22(27-28-29)20-9-5-6-10-21(20)26-23(30)15-25-24(31)19-13-11-18(12-14-19)17-7-3-2-4-8-17/h2-14,16H,15H2,1H3,(H,25,31)(H,26,30). The van der Waals surface area contributed by atoms with Gasteiger partial charge in [0.2, 0.25) is 5.91 Å². The Morgan fingerprint density at radius 3 is 2.26 bits per heavy atom. The zero-order valence-electron chi connectivity index (χ0n) is 16.9. The second kappa shape index (κ2) is 9.04. The lowest BCUT2D eigenvalue weighted by molar-refractivity contribution is -0.115. The smallest absolute Gasteiger partial charge is 0.251 e. The maximum Gasteiger partial charge on any atom is 0.251 e. The van der Waals surface area contributed by atoms with Gasteiger partial charge in [0.25, 0.3) is 5.91 Å². The number of aryl methyl sites for hydroxylation is 1. The van der Waals surface area contributed by atoms with E-state index in [1.807, 2.05) is 60.7 Å². The van der Waals surface area contributed by atoms with Crippen molar-refractivity contribution in [2.75, 3.05) is 11.9 Å². The molecular weight excluding hydrogens is 390 g/mol. The number of aromatic nitrogens is 3. The molecule has 7 heteroatoms. The van der Waals surface area contributed by atoms with E-state index in [1.54, 1.807) is 36.1 Å². The molecule has 0 saturated carbocycles. The Morgan fingerprint density at radius 1 is 0.871 bits per heavy atom. The van der Waals surface area contributed by atoms with E-state index in [1.165, 1.54) is 0 Å². The highest BCUT2D eigenvalue weighted by Crippen LogP contribution is 2.25. The number of carbonyl (C=O) groups excluding carboxylic acids is 2. The van der Waals surface area contributed by atoms with Crippen LogP contribution in [0.4, 0.5) is 5.69 Å². The molecule has 0 bridgehead atoms. The minimum Gasteiger partial charge on any atom is -0.343 e. The predicted octanol–water partition coefficient (Wildman–Crippen LogP) is 3.52. The van der Waals surface area contributed by atoms with Crippen molar-refractivity contribution in [3.8, 4) is 22.4 Å². The molecule has 0 aliphatic carbocycles. The lowest BCUT2D eigenvalue weighted by atomic mass is 10.0. The average molecular weight is 411 g/mol. The lowest BCUT2D eigenvalue weighted by Gasteiger charge is -2.10. The molecule has 0 aliphatic rings. The fraction of sp³-hybridized carbons (Fsp3) is 0.0833. The minimum absolute atomic E-state index is 0.145. The Kier molecular flexibility index (Phi) is 5.84. The number of nitrogens with one attached hydrogen (secondary N) is 2. The molecule has 0 aliphatic heterocycles. The van der Waals surface area contributed by atoms with E-state index in [0.29, 0.717) is 16.9 Å². The van der Waals surface area contributed by atoms with E-state index < -0.39 is 0 Å². The van der Waals surface area contributed by atoms with Crippen LogP contribution in [0, 0.1) is 0 Å². The lowest BCUT2D eigenvalue weighted by Crippen LogP contribution is -2.32. The molecule has 31 heavy (non-hydrogen) atoms. The van der Waals surface area contributed by atoms with Crippen LogP contribution < -0.4 is 10.6 Å². The van der Waals surface area contributed by atoms with E-state index in [4.69, 9.17) is 0 Å². The van der Waals surface area contributed by atoms with Gasteiger partial charge in [0.15, 0.2) is 0 Å². The molecule has 2 N–H and O–H groups in total. The third-order valence-electron chi connectivity index (χ3n) is 4.74. The fourth-order valence-corrected chi connectivity index (χ4v) is 3.19.